The van der Waals surface area contributed by atoms with Crippen molar-refractivity contribution in [3.63, 3.8) is 0 Å². The first-order valence-electron chi connectivity index (χ1n) is 7.31. The van der Waals surface area contributed by atoms with E-state index in [-0.39, 0.29) is 6.04 Å². The molecule has 2 atom stereocenters. The third-order valence-corrected chi connectivity index (χ3v) is 4.36. The molecule has 0 bridgehead atoms. The molecule has 1 aromatic carbocycles. The Morgan fingerprint density at radius 1 is 1.29 bits per heavy atom. The molecule has 0 saturated heterocycles. The molecule has 1 aromatic rings. The number of carboxylic acids is 1. The number of carbonyl (C=O) groups excluding carboxylic acids is 1. The molecule has 1 saturated carbocycles. The number of aliphatic carboxylic acids is 1. The average Bonchev–Trinajstić information content (AvgIpc) is 2.36. The number of urea groups is 1. The normalized spacial score (nSPS) is 19.0. The summed E-state index contributed by atoms with van der Waals surface area (Å²) < 4.78 is 0. The van der Waals surface area contributed by atoms with Gasteiger partial charge < -0.3 is 15.7 Å². The molecule has 5 heteroatoms. The largest absolute Gasteiger partial charge is 0.479 e. The molecule has 5 nitrogen and oxygen atoms in total. The summed E-state index contributed by atoms with van der Waals surface area (Å²) in [5.41, 5.74) is -0.894. The van der Waals surface area contributed by atoms with Crippen LogP contribution in [0.1, 0.15) is 38.7 Å². The number of amides is 2. The minimum atomic E-state index is -1.44. The third-order valence-electron chi connectivity index (χ3n) is 4.36. The number of benzene rings is 1. The summed E-state index contributed by atoms with van der Waals surface area (Å²) in [6.45, 7) is 3.46. The zero-order chi connectivity index (χ0) is 15.5. The van der Waals surface area contributed by atoms with Crippen LogP contribution in [0, 0.1) is 5.92 Å². The molecule has 21 heavy (non-hydrogen) atoms. The molecule has 2 amide bonds. The van der Waals surface area contributed by atoms with E-state index in [1.54, 1.807) is 24.3 Å². The Morgan fingerprint density at radius 3 is 2.38 bits per heavy atom. The van der Waals surface area contributed by atoms with Crippen LogP contribution in [0.15, 0.2) is 30.3 Å². The first-order valence-corrected chi connectivity index (χ1v) is 7.31. The van der Waals surface area contributed by atoms with E-state index < -0.39 is 17.5 Å². The second-order valence-corrected chi connectivity index (χ2v) is 5.87. The van der Waals surface area contributed by atoms with Gasteiger partial charge in [0.1, 0.15) is 0 Å². The van der Waals surface area contributed by atoms with Crippen molar-refractivity contribution in [3.05, 3.63) is 35.9 Å². The van der Waals surface area contributed by atoms with E-state index >= 15 is 0 Å². The van der Waals surface area contributed by atoms with Crippen LogP contribution in [0.4, 0.5) is 4.79 Å². The van der Waals surface area contributed by atoms with Gasteiger partial charge in [0.15, 0.2) is 5.54 Å². The Bertz CT molecular complexity index is 514. The molecule has 0 spiro atoms. The molecule has 1 aliphatic rings. The van der Waals surface area contributed by atoms with Gasteiger partial charge in [-0.15, -0.1) is 0 Å². The lowest BCUT2D eigenvalue weighted by atomic mass is 9.80. The van der Waals surface area contributed by atoms with Crippen molar-refractivity contribution in [1.82, 2.24) is 10.6 Å². The number of carbonyl (C=O) groups is 2. The Labute approximate surface area is 124 Å². The van der Waals surface area contributed by atoms with Crippen LogP contribution in [0.25, 0.3) is 0 Å². The standard InChI is InChI=1S/C16H22N2O3/c1-11(12-7-6-8-12)17-15(21)18-16(2,14(19)20)13-9-4-3-5-10-13/h3-5,9-12H,6-8H2,1-2H3,(H,19,20)(H2,17,18,21). The fourth-order valence-corrected chi connectivity index (χ4v) is 2.55. The highest BCUT2D eigenvalue weighted by Crippen LogP contribution is 2.29. The zero-order valence-electron chi connectivity index (χ0n) is 12.4. The maximum Gasteiger partial charge on any atom is 0.333 e. The molecule has 2 rings (SSSR count). The van der Waals surface area contributed by atoms with E-state index in [1.165, 1.54) is 13.3 Å². The van der Waals surface area contributed by atoms with Gasteiger partial charge in [0, 0.05) is 6.04 Å². The van der Waals surface area contributed by atoms with Crippen LogP contribution in [-0.2, 0) is 10.3 Å². The summed E-state index contributed by atoms with van der Waals surface area (Å²) in [6.07, 6.45) is 3.45. The first-order chi connectivity index (χ1) is 9.93. The van der Waals surface area contributed by atoms with E-state index in [1.807, 2.05) is 13.0 Å². The minimum Gasteiger partial charge on any atom is -0.479 e. The topological polar surface area (TPSA) is 78.4 Å². The number of hydrogen-bond acceptors (Lipinski definition) is 2. The molecule has 0 aliphatic heterocycles. The van der Waals surface area contributed by atoms with Gasteiger partial charge in [-0.05, 0) is 38.2 Å². The molecule has 0 aromatic heterocycles. The van der Waals surface area contributed by atoms with E-state index in [2.05, 4.69) is 10.6 Å². The van der Waals surface area contributed by atoms with Crippen LogP contribution >= 0.6 is 0 Å². The van der Waals surface area contributed by atoms with E-state index in [9.17, 15) is 14.7 Å². The van der Waals surface area contributed by atoms with Gasteiger partial charge in [0.05, 0.1) is 0 Å². The predicted octanol–water partition coefficient (Wildman–Crippen LogP) is 2.47. The van der Waals surface area contributed by atoms with Crippen LogP contribution in [0.5, 0.6) is 0 Å². The highest BCUT2D eigenvalue weighted by atomic mass is 16.4. The summed E-state index contributed by atoms with van der Waals surface area (Å²) in [5.74, 6) is -0.580. The van der Waals surface area contributed by atoms with Crippen LogP contribution in [0.2, 0.25) is 0 Å². The number of rotatable bonds is 5. The van der Waals surface area contributed by atoms with Crippen molar-refractivity contribution in [3.8, 4) is 0 Å². The highest BCUT2D eigenvalue weighted by Gasteiger charge is 2.37. The van der Waals surface area contributed by atoms with E-state index in [0.717, 1.165) is 12.8 Å². The summed E-state index contributed by atoms with van der Waals surface area (Å²) in [4.78, 5) is 23.7. The van der Waals surface area contributed by atoms with Crippen molar-refractivity contribution >= 4 is 12.0 Å². The summed E-state index contributed by atoms with van der Waals surface area (Å²) in [7, 11) is 0. The zero-order valence-corrected chi connectivity index (χ0v) is 12.4. The van der Waals surface area contributed by atoms with Crippen molar-refractivity contribution in [2.45, 2.75) is 44.7 Å². The van der Waals surface area contributed by atoms with Crippen molar-refractivity contribution in [2.24, 2.45) is 5.92 Å². The van der Waals surface area contributed by atoms with Gasteiger partial charge in [-0.2, -0.15) is 0 Å². The number of nitrogens with one attached hydrogen (secondary N) is 2. The molecule has 2 unspecified atom stereocenters. The van der Waals surface area contributed by atoms with Crippen LogP contribution in [-0.4, -0.2) is 23.1 Å². The van der Waals surface area contributed by atoms with Crippen molar-refractivity contribution in [1.29, 1.82) is 0 Å². The smallest absolute Gasteiger partial charge is 0.333 e. The second kappa shape index (κ2) is 6.16. The van der Waals surface area contributed by atoms with Crippen molar-refractivity contribution < 1.29 is 14.7 Å². The van der Waals surface area contributed by atoms with Gasteiger partial charge in [0.25, 0.3) is 0 Å². The van der Waals surface area contributed by atoms with Crippen molar-refractivity contribution in [2.75, 3.05) is 0 Å². The maximum atomic E-state index is 12.1. The first kappa shape index (κ1) is 15.4. The lowest BCUT2D eigenvalue weighted by molar-refractivity contribution is -0.144. The molecule has 0 radical (unpaired) electrons. The monoisotopic (exact) mass is 290 g/mol. The summed E-state index contributed by atoms with van der Waals surface area (Å²) >= 11 is 0. The summed E-state index contributed by atoms with van der Waals surface area (Å²) in [5, 5.41) is 14.9. The quantitative estimate of drug-likeness (QED) is 0.779. The van der Waals surface area contributed by atoms with Gasteiger partial charge in [-0.25, -0.2) is 9.59 Å². The molecule has 114 valence electrons. The van der Waals surface area contributed by atoms with Crippen LogP contribution < -0.4 is 10.6 Å². The molecular weight excluding hydrogens is 268 g/mol. The molecule has 1 fully saturated rings. The molecule has 1 aliphatic carbocycles. The second-order valence-electron chi connectivity index (χ2n) is 5.87. The predicted molar refractivity (Wildman–Crippen MR) is 79.9 cm³/mol. The Kier molecular flexibility index (Phi) is 4.50. The Balaban J connectivity index is 2.05. The van der Waals surface area contributed by atoms with Gasteiger partial charge in [0.2, 0.25) is 0 Å². The van der Waals surface area contributed by atoms with Gasteiger partial charge in [-0.1, -0.05) is 36.8 Å². The Hall–Kier alpha value is -2.04. The molecule has 0 heterocycles. The maximum absolute atomic E-state index is 12.1. The van der Waals surface area contributed by atoms with E-state index in [0.29, 0.717) is 11.5 Å². The average molecular weight is 290 g/mol. The fraction of sp³-hybridized carbons (Fsp3) is 0.500. The fourth-order valence-electron chi connectivity index (χ4n) is 2.55. The minimum absolute atomic E-state index is 0.0626. The van der Waals surface area contributed by atoms with E-state index in [4.69, 9.17) is 0 Å². The van der Waals surface area contributed by atoms with Gasteiger partial charge >= 0.3 is 12.0 Å². The SMILES string of the molecule is CC(NC(=O)NC(C)(C(=O)O)c1ccccc1)C1CCC1. The van der Waals surface area contributed by atoms with Gasteiger partial charge in [-0.3, -0.25) is 0 Å². The lowest BCUT2D eigenvalue weighted by Gasteiger charge is -2.33. The Morgan fingerprint density at radius 2 is 1.90 bits per heavy atom. The molecule has 3 N–H and O–H groups in total. The van der Waals surface area contributed by atoms with Crippen LogP contribution in [0.3, 0.4) is 0 Å². The third kappa shape index (κ3) is 3.35. The lowest BCUT2D eigenvalue weighted by Crippen LogP contribution is -2.55. The number of hydrogen-bond donors (Lipinski definition) is 3. The summed E-state index contributed by atoms with van der Waals surface area (Å²) in [6, 6.07) is 8.34. The molecular formula is C16H22N2O3. The highest BCUT2D eigenvalue weighted by molar-refractivity contribution is 5.87. The number of carboxylic acid groups (broad SMARTS) is 1.